The number of amides is 1. The molecule has 2 aliphatic heterocycles. The molecule has 2 aliphatic rings. The van der Waals surface area contributed by atoms with Gasteiger partial charge in [0.2, 0.25) is 5.43 Å². The lowest BCUT2D eigenvalue weighted by molar-refractivity contribution is 0.0446. The van der Waals surface area contributed by atoms with Gasteiger partial charge >= 0.3 is 5.97 Å². The maximum absolute atomic E-state index is 13.9. The second kappa shape index (κ2) is 10.2. The third kappa shape index (κ3) is 4.49. The van der Waals surface area contributed by atoms with E-state index in [-0.39, 0.29) is 36.2 Å². The molecular formula is C31H27N3O5. The van der Waals surface area contributed by atoms with Crippen molar-refractivity contribution in [3.63, 3.8) is 0 Å². The van der Waals surface area contributed by atoms with Gasteiger partial charge < -0.3 is 19.3 Å². The van der Waals surface area contributed by atoms with Gasteiger partial charge in [-0.15, -0.1) is 0 Å². The Kier molecular flexibility index (Phi) is 6.46. The number of pyridine rings is 1. The first-order chi connectivity index (χ1) is 19.0. The Labute approximate surface area is 225 Å². The number of hydrogen-bond donors (Lipinski definition) is 1. The molecule has 8 heteroatoms. The summed E-state index contributed by atoms with van der Waals surface area (Å²) in [6, 6.07) is 29.4. The molecule has 1 saturated heterocycles. The Balaban J connectivity index is 1.41. The third-order valence-corrected chi connectivity index (χ3v) is 7.42. The van der Waals surface area contributed by atoms with Gasteiger partial charge in [-0.3, -0.25) is 14.5 Å². The minimum atomic E-state index is -1.36. The Morgan fingerprint density at radius 1 is 0.872 bits per heavy atom. The lowest BCUT2D eigenvalue weighted by Gasteiger charge is -2.40. The average molecular weight is 522 g/mol. The van der Waals surface area contributed by atoms with Crippen LogP contribution < -0.4 is 10.2 Å². The Bertz CT molecular complexity index is 1530. The molecule has 0 aliphatic carbocycles. The van der Waals surface area contributed by atoms with Crippen molar-refractivity contribution < 1.29 is 19.4 Å². The SMILES string of the molecule is O=C(O)c1cn2c(c(OCc3ccccc3)c1=O)C(=O)N1CCN(C(c3ccccc3)c3ccccc3)C1C2. The van der Waals surface area contributed by atoms with Gasteiger partial charge in [-0.1, -0.05) is 91.0 Å². The molecule has 0 saturated carbocycles. The summed E-state index contributed by atoms with van der Waals surface area (Å²) < 4.78 is 7.47. The highest BCUT2D eigenvalue weighted by molar-refractivity contribution is 5.98. The average Bonchev–Trinajstić information content (AvgIpc) is 3.38. The zero-order valence-electron chi connectivity index (χ0n) is 21.1. The van der Waals surface area contributed by atoms with Crippen LogP contribution in [0.25, 0.3) is 0 Å². The predicted molar refractivity (Wildman–Crippen MR) is 145 cm³/mol. The molecule has 8 nitrogen and oxygen atoms in total. The first-order valence-electron chi connectivity index (χ1n) is 12.9. The molecule has 1 atom stereocenters. The second-order valence-electron chi connectivity index (χ2n) is 9.72. The summed E-state index contributed by atoms with van der Waals surface area (Å²) in [4.78, 5) is 43.2. The number of aromatic nitrogens is 1. The van der Waals surface area contributed by atoms with E-state index in [4.69, 9.17) is 4.74 Å². The van der Waals surface area contributed by atoms with Gasteiger partial charge in [-0.25, -0.2) is 4.79 Å². The lowest BCUT2D eigenvalue weighted by atomic mass is 9.96. The van der Waals surface area contributed by atoms with Gasteiger partial charge in [0.1, 0.15) is 18.3 Å². The van der Waals surface area contributed by atoms with E-state index in [0.717, 1.165) is 16.7 Å². The number of carbonyl (C=O) groups excluding carboxylic acids is 1. The number of fused-ring (bicyclic) bond motifs is 2. The standard InChI is InChI=1S/C31H27N3O5/c35-28-24(31(37)38)18-32-19-25-33(26(22-12-6-2-7-13-22)23-14-8-3-9-15-23)16-17-34(25)30(36)27(32)29(28)39-20-21-10-4-1-5-11-21/h1-15,18,25-26H,16-17,19-20H2,(H,37,38). The number of aromatic carboxylic acids is 1. The van der Waals surface area contributed by atoms with Crippen LogP contribution in [-0.2, 0) is 13.2 Å². The lowest BCUT2D eigenvalue weighted by Crippen LogP contribution is -2.51. The first-order valence-corrected chi connectivity index (χ1v) is 12.9. The Hall–Kier alpha value is -4.69. The highest BCUT2D eigenvalue weighted by atomic mass is 16.5. The van der Waals surface area contributed by atoms with Gasteiger partial charge in [-0.05, 0) is 16.7 Å². The molecule has 1 N–H and O–H groups in total. The molecule has 3 heterocycles. The van der Waals surface area contributed by atoms with Gasteiger partial charge in [0.15, 0.2) is 11.4 Å². The van der Waals surface area contributed by atoms with Crippen LogP contribution in [0.5, 0.6) is 5.75 Å². The van der Waals surface area contributed by atoms with E-state index in [1.807, 2.05) is 66.7 Å². The smallest absolute Gasteiger partial charge is 0.341 e. The largest absolute Gasteiger partial charge is 0.483 e. The predicted octanol–water partition coefficient (Wildman–Crippen LogP) is 4.01. The van der Waals surface area contributed by atoms with Crippen LogP contribution in [0.1, 0.15) is 43.6 Å². The van der Waals surface area contributed by atoms with E-state index in [2.05, 4.69) is 29.2 Å². The number of ether oxygens (including phenoxy) is 1. The van der Waals surface area contributed by atoms with Crippen LogP contribution in [0, 0.1) is 0 Å². The minimum absolute atomic E-state index is 0.0407. The molecule has 196 valence electrons. The van der Waals surface area contributed by atoms with Crippen LogP contribution in [0.15, 0.2) is 102 Å². The molecule has 0 spiro atoms. The molecule has 1 unspecified atom stereocenters. The highest BCUT2D eigenvalue weighted by Gasteiger charge is 2.45. The zero-order chi connectivity index (χ0) is 26.9. The van der Waals surface area contributed by atoms with E-state index >= 15 is 0 Å². The molecule has 3 aromatic carbocycles. The van der Waals surface area contributed by atoms with Crippen molar-refractivity contribution in [3.8, 4) is 5.75 Å². The number of carboxylic acids is 1. The molecule has 39 heavy (non-hydrogen) atoms. The van der Waals surface area contributed by atoms with Crippen molar-refractivity contribution in [2.75, 3.05) is 13.1 Å². The molecular weight excluding hydrogens is 494 g/mol. The summed E-state index contributed by atoms with van der Waals surface area (Å²) in [5, 5.41) is 9.79. The summed E-state index contributed by atoms with van der Waals surface area (Å²) >= 11 is 0. The maximum atomic E-state index is 13.9. The van der Waals surface area contributed by atoms with Gasteiger partial charge in [0.25, 0.3) is 5.91 Å². The normalized spacial score (nSPS) is 16.7. The maximum Gasteiger partial charge on any atom is 0.341 e. The third-order valence-electron chi connectivity index (χ3n) is 7.42. The van der Waals surface area contributed by atoms with Crippen LogP contribution in [0.4, 0.5) is 0 Å². The monoisotopic (exact) mass is 521 g/mol. The van der Waals surface area contributed by atoms with Crippen molar-refractivity contribution in [1.82, 2.24) is 14.4 Å². The molecule has 6 rings (SSSR count). The summed E-state index contributed by atoms with van der Waals surface area (Å²) in [5.41, 5.74) is 1.88. The summed E-state index contributed by atoms with van der Waals surface area (Å²) in [7, 11) is 0. The van der Waals surface area contributed by atoms with E-state index in [9.17, 15) is 19.5 Å². The Morgan fingerprint density at radius 3 is 2.05 bits per heavy atom. The van der Waals surface area contributed by atoms with Gasteiger partial charge in [0, 0.05) is 19.3 Å². The van der Waals surface area contributed by atoms with E-state index in [0.29, 0.717) is 19.6 Å². The van der Waals surface area contributed by atoms with Crippen molar-refractivity contribution in [2.24, 2.45) is 0 Å². The van der Waals surface area contributed by atoms with Crippen LogP contribution in [-0.4, -0.2) is 50.6 Å². The van der Waals surface area contributed by atoms with Crippen molar-refractivity contribution >= 4 is 11.9 Å². The first kappa shape index (κ1) is 24.6. The van der Waals surface area contributed by atoms with Crippen LogP contribution in [0.2, 0.25) is 0 Å². The molecule has 0 radical (unpaired) electrons. The summed E-state index contributed by atoms with van der Waals surface area (Å²) in [5.74, 6) is -1.92. The number of nitrogens with zero attached hydrogens (tertiary/aromatic N) is 3. The second-order valence-corrected chi connectivity index (χ2v) is 9.72. The van der Waals surface area contributed by atoms with Crippen molar-refractivity contribution in [2.45, 2.75) is 25.4 Å². The van der Waals surface area contributed by atoms with Gasteiger partial charge in [0.05, 0.1) is 12.6 Å². The fraction of sp³-hybridized carbons (Fsp3) is 0.194. The van der Waals surface area contributed by atoms with Gasteiger partial charge in [-0.2, -0.15) is 0 Å². The number of benzene rings is 3. The number of hydrogen-bond acceptors (Lipinski definition) is 5. The van der Waals surface area contributed by atoms with Crippen LogP contribution in [0.3, 0.4) is 0 Å². The fourth-order valence-electron chi connectivity index (χ4n) is 5.62. The van der Waals surface area contributed by atoms with Crippen molar-refractivity contribution in [3.05, 3.63) is 135 Å². The molecule has 0 bridgehead atoms. The molecule has 4 aromatic rings. The summed E-state index contributed by atoms with van der Waals surface area (Å²) in [6.45, 7) is 1.45. The Morgan fingerprint density at radius 2 is 1.46 bits per heavy atom. The molecule has 1 fully saturated rings. The van der Waals surface area contributed by atoms with Crippen LogP contribution >= 0.6 is 0 Å². The van der Waals surface area contributed by atoms with E-state index in [1.54, 1.807) is 9.47 Å². The molecule has 1 amide bonds. The van der Waals surface area contributed by atoms with E-state index in [1.165, 1.54) is 6.20 Å². The molecule has 1 aromatic heterocycles. The zero-order valence-corrected chi connectivity index (χ0v) is 21.1. The summed E-state index contributed by atoms with van der Waals surface area (Å²) in [6.07, 6.45) is 0.947. The highest BCUT2D eigenvalue weighted by Crippen LogP contribution is 2.37. The number of rotatable bonds is 7. The van der Waals surface area contributed by atoms with Crippen molar-refractivity contribution in [1.29, 1.82) is 0 Å². The fourth-order valence-corrected chi connectivity index (χ4v) is 5.62. The quantitative estimate of drug-likeness (QED) is 0.395. The topological polar surface area (TPSA) is 92.1 Å². The number of carboxylic acid groups (broad SMARTS) is 1. The minimum Gasteiger partial charge on any atom is -0.483 e. The van der Waals surface area contributed by atoms with E-state index < -0.39 is 17.0 Å². The number of carbonyl (C=O) groups is 2.